The Morgan fingerprint density at radius 1 is 1.45 bits per heavy atom. The van der Waals surface area contributed by atoms with Crippen LogP contribution in [0, 0.1) is 0 Å². The van der Waals surface area contributed by atoms with Gasteiger partial charge in [-0.1, -0.05) is 0 Å². The van der Waals surface area contributed by atoms with Crippen LogP contribution in [0.4, 0.5) is 14.5 Å². The van der Waals surface area contributed by atoms with Crippen molar-refractivity contribution in [2.45, 2.75) is 24.1 Å². The number of imidazole rings is 1. The molecule has 20 heavy (non-hydrogen) atoms. The molecule has 0 amide bonds. The van der Waals surface area contributed by atoms with Gasteiger partial charge in [0.25, 0.3) is 0 Å². The highest BCUT2D eigenvalue weighted by molar-refractivity contribution is 7.98. The molecular formula is C13H15F2N3OS. The Morgan fingerprint density at radius 3 is 2.95 bits per heavy atom. The molecule has 0 aliphatic rings. The van der Waals surface area contributed by atoms with Gasteiger partial charge in [0.05, 0.1) is 12.4 Å². The minimum absolute atomic E-state index is 0.311. The molecule has 7 heteroatoms. The van der Waals surface area contributed by atoms with Crippen LogP contribution in [0.15, 0.2) is 35.5 Å². The zero-order valence-electron chi connectivity index (χ0n) is 10.9. The Morgan fingerprint density at radius 2 is 2.25 bits per heavy atom. The van der Waals surface area contributed by atoms with Gasteiger partial charge in [0.15, 0.2) is 0 Å². The van der Waals surface area contributed by atoms with Crippen molar-refractivity contribution in [1.82, 2.24) is 9.55 Å². The third kappa shape index (κ3) is 3.41. The van der Waals surface area contributed by atoms with Crippen LogP contribution < -0.4 is 10.5 Å². The summed E-state index contributed by atoms with van der Waals surface area (Å²) in [5.74, 6) is 1.34. The standard InChI is InChI=1S/C13H15F2N3OS/c1-2-19-9-3-4-10(16)11(7-9)20-8-12-17-5-6-18(12)13(14)15/h3-7,13H,2,8,16H2,1H3. The molecule has 2 N–H and O–H groups in total. The van der Waals surface area contributed by atoms with Gasteiger partial charge in [-0.05, 0) is 25.1 Å². The molecule has 0 saturated carbocycles. The topological polar surface area (TPSA) is 53.1 Å². The van der Waals surface area contributed by atoms with Crippen molar-refractivity contribution in [3.8, 4) is 5.75 Å². The summed E-state index contributed by atoms with van der Waals surface area (Å²) in [5.41, 5.74) is 6.46. The smallest absolute Gasteiger partial charge is 0.319 e. The van der Waals surface area contributed by atoms with Gasteiger partial charge in [0.2, 0.25) is 0 Å². The number of hydrogen-bond acceptors (Lipinski definition) is 4. The van der Waals surface area contributed by atoms with E-state index in [2.05, 4.69) is 4.98 Å². The Kier molecular flexibility index (Phi) is 4.84. The molecule has 1 heterocycles. The number of nitrogen functional groups attached to an aromatic ring is 1. The number of nitrogens with two attached hydrogens (primary N) is 1. The largest absolute Gasteiger partial charge is 0.494 e. The van der Waals surface area contributed by atoms with E-state index < -0.39 is 6.55 Å². The summed E-state index contributed by atoms with van der Waals surface area (Å²) < 4.78 is 31.6. The van der Waals surface area contributed by atoms with Crippen LogP contribution in [-0.2, 0) is 5.75 Å². The van der Waals surface area contributed by atoms with Crippen molar-refractivity contribution in [3.05, 3.63) is 36.4 Å². The number of benzene rings is 1. The summed E-state index contributed by atoms with van der Waals surface area (Å²) in [6.07, 6.45) is 2.63. The molecule has 2 rings (SSSR count). The van der Waals surface area contributed by atoms with Gasteiger partial charge in [-0.15, -0.1) is 11.8 Å². The number of thioether (sulfide) groups is 1. The van der Waals surface area contributed by atoms with Crippen molar-refractivity contribution in [2.24, 2.45) is 0 Å². The number of ether oxygens (including phenoxy) is 1. The predicted molar refractivity (Wildman–Crippen MR) is 75.1 cm³/mol. The van der Waals surface area contributed by atoms with Crippen LogP contribution >= 0.6 is 11.8 Å². The summed E-state index contributed by atoms with van der Waals surface area (Å²) in [5, 5.41) is 0. The SMILES string of the molecule is CCOc1ccc(N)c(SCc2nccn2C(F)F)c1. The zero-order valence-corrected chi connectivity index (χ0v) is 11.7. The maximum Gasteiger partial charge on any atom is 0.319 e. The Labute approximate surface area is 119 Å². The molecule has 1 aromatic heterocycles. The van der Waals surface area contributed by atoms with Gasteiger partial charge < -0.3 is 10.5 Å². The first kappa shape index (κ1) is 14.6. The number of alkyl halides is 2. The minimum Gasteiger partial charge on any atom is -0.494 e. The maximum absolute atomic E-state index is 12.7. The van der Waals surface area contributed by atoms with Crippen LogP contribution in [0.25, 0.3) is 0 Å². The number of halogens is 2. The Bertz CT molecular complexity index is 574. The normalized spacial score (nSPS) is 11.0. The second kappa shape index (κ2) is 6.60. The summed E-state index contributed by atoms with van der Waals surface area (Å²) in [4.78, 5) is 4.72. The quantitative estimate of drug-likeness (QED) is 0.654. The molecule has 2 aromatic rings. The molecule has 4 nitrogen and oxygen atoms in total. The lowest BCUT2D eigenvalue weighted by Crippen LogP contribution is -2.02. The summed E-state index contributed by atoms with van der Waals surface area (Å²) in [7, 11) is 0. The van der Waals surface area contributed by atoms with Gasteiger partial charge in [-0.25, -0.2) is 4.98 Å². The first-order valence-corrected chi connectivity index (χ1v) is 7.05. The predicted octanol–water partition coefficient (Wildman–Crippen LogP) is 3.55. The number of nitrogens with zero attached hydrogens (tertiary/aromatic N) is 2. The maximum atomic E-state index is 12.7. The minimum atomic E-state index is -2.58. The highest BCUT2D eigenvalue weighted by Crippen LogP contribution is 2.31. The molecule has 108 valence electrons. The Hall–Kier alpha value is -1.76. The first-order valence-electron chi connectivity index (χ1n) is 6.06. The number of anilines is 1. The van der Waals surface area contributed by atoms with Gasteiger partial charge in [-0.3, -0.25) is 4.57 Å². The second-order valence-electron chi connectivity index (χ2n) is 3.95. The Balaban J connectivity index is 2.10. The van der Waals surface area contributed by atoms with E-state index in [4.69, 9.17) is 10.5 Å². The molecule has 0 aliphatic heterocycles. The fourth-order valence-electron chi connectivity index (χ4n) is 1.67. The van der Waals surface area contributed by atoms with Crippen molar-refractivity contribution in [2.75, 3.05) is 12.3 Å². The van der Waals surface area contributed by atoms with E-state index in [9.17, 15) is 8.78 Å². The fraction of sp³-hybridized carbons (Fsp3) is 0.308. The van der Waals surface area contributed by atoms with E-state index >= 15 is 0 Å². The molecular weight excluding hydrogens is 284 g/mol. The van der Waals surface area contributed by atoms with Crippen molar-refractivity contribution in [3.63, 3.8) is 0 Å². The molecule has 0 bridgehead atoms. The molecule has 0 spiro atoms. The lowest BCUT2D eigenvalue weighted by molar-refractivity contribution is 0.0678. The summed E-state index contributed by atoms with van der Waals surface area (Å²) in [6, 6.07) is 5.33. The molecule has 0 aliphatic carbocycles. The first-order chi connectivity index (χ1) is 9.61. The monoisotopic (exact) mass is 299 g/mol. The van der Waals surface area contributed by atoms with Crippen LogP contribution in [-0.4, -0.2) is 16.2 Å². The van der Waals surface area contributed by atoms with Crippen molar-refractivity contribution < 1.29 is 13.5 Å². The average molecular weight is 299 g/mol. The fourth-order valence-corrected chi connectivity index (χ4v) is 2.61. The highest BCUT2D eigenvalue weighted by Gasteiger charge is 2.12. The van der Waals surface area contributed by atoms with Crippen LogP contribution in [0.1, 0.15) is 19.3 Å². The third-order valence-electron chi connectivity index (χ3n) is 2.61. The molecule has 0 atom stereocenters. The molecule has 0 fully saturated rings. The second-order valence-corrected chi connectivity index (χ2v) is 4.97. The lowest BCUT2D eigenvalue weighted by atomic mass is 10.3. The van der Waals surface area contributed by atoms with E-state index in [0.717, 1.165) is 9.46 Å². The van der Waals surface area contributed by atoms with E-state index in [-0.39, 0.29) is 0 Å². The number of rotatable bonds is 6. The zero-order chi connectivity index (χ0) is 14.5. The average Bonchev–Trinajstić information content (AvgIpc) is 2.88. The van der Waals surface area contributed by atoms with Crippen LogP contribution in [0.5, 0.6) is 5.75 Å². The van der Waals surface area contributed by atoms with E-state index in [1.807, 2.05) is 6.92 Å². The molecule has 1 aromatic carbocycles. The number of hydrogen-bond donors (Lipinski definition) is 1. The van der Waals surface area contributed by atoms with Gasteiger partial charge >= 0.3 is 6.55 Å². The van der Waals surface area contributed by atoms with E-state index in [1.54, 1.807) is 18.2 Å². The van der Waals surface area contributed by atoms with Gasteiger partial charge in [-0.2, -0.15) is 8.78 Å². The number of aromatic nitrogens is 2. The third-order valence-corrected chi connectivity index (χ3v) is 3.68. The van der Waals surface area contributed by atoms with Gasteiger partial charge in [0.1, 0.15) is 11.6 Å². The molecule has 0 saturated heterocycles. The van der Waals surface area contributed by atoms with Crippen LogP contribution in [0.2, 0.25) is 0 Å². The summed E-state index contributed by atoms with van der Waals surface area (Å²) >= 11 is 1.35. The molecule has 0 radical (unpaired) electrons. The van der Waals surface area contributed by atoms with Crippen molar-refractivity contribution in [1.29, 1.82) is 0 Å². The lowest BCUT2D eigenvalue weighted by Gasteiger charge is -2.10. The summed E-state index contributed by atoms with van der Waals surface area (Å²) in [6.45, 7) is -0.132. The van der Waals surface area contributed by atoms with E-state index in [0.29, 0.717) is 29.6 Å². The molecule has 0 unspecified atom stereocenters. The van der Waals surface area contributed by atoms with Crippen molar-refractivity contribution >= 4 is 17.4 Å². The van der Waals surface area contributed by atoms with E-state index in [1.165, 1.54) is 24.2 Å². The highest BCUT2D eigenvalue weighted by atomic mass is 32.2. The van der Waals surface area contributed by atoms with Gasteiger partial charge in [0, 0.05) is 23.0 Å². The van der Waals surface area contributed by atoms with Crippen LogP contribution in [0.3, 0.4) is 0 Å².